The van der Waals surface area contributed by atoms with Gasteiger partial charge in [-0.15, -0.1) is 0 Å². The lowest BCUT2D eigenvalue weighted by molar-refractivity contribution is 0.393. The highest BCUT2D eigenvalue weighted by atomic mass is 14.6. The van der Waals surface area contributed by atoms with Gasteiger partial charge in [-0.05, 0) is 32.2 Å². The normalized spacial score (nSPS) is 16.8. The topological polar surface area (TPSA) is 52.0 Å². The second-order valence-corrected chi connectivity index (χ2v) is 2.96. The molecule has 2 heteroatoms. The van der Waals surface area contributed by atoms with E-state index >= 15 is 0 Å². The van der Waals surface area contributed by atoms with Gasteiger partial charge in [0, 0.05) is 6.04 Å². The summed E-state index contributed by atoms with van der Waals surface area (Å²) < 4.78 is 0. The largest absolute Gasteiger partial charge is 0.330 e. The number of nitrogens with two attached hydrogens (primary N) is 2. The minimum absolute atomic E-state index is 0.330. The van der Waals surface area contributed by atoms with Crippen molar-refractivity contribution in [1.29, 1.82) is 0 Å². The Bertz CT molecular complexity index is 71.7. The van der Waals surface area contributed by atoms with E-state index < -0.39 is 0 Å². The van der Waals surface area contributed by atoms with E-state index in [2.05, 4.69) is 13.8 Å². The first-order chi connectivity index (χ1) is 4.72. The molecule has 0 heterocycles. The molecule has 0 aliphatic rings. The Morgan fingerprint density at radius 2 is 2.00 bits per heavy atom. The van der Waals surface area contributed by atoms with Gasteiger partial charge in [-0.1, -0.05) is 13.3 Å². The molecule has 0 aromatic rings. The molecule has 0 aromatic heterocycles. The zero-order chi connectivity index (χ0) is 7.98. The van der Waals surface area contributed by atoms with Crippen LogP contribution in [0.15, 0.2) is 0 Å². The Hall–Kier alpha value is -0.0800. The van der Waals surface area contributed by atoms with Crippen LogP contribution in [0.3, 0.4) is 0 Å². The van der Waals surface area contributed by atoms with E-state index in [-0.39, 0.29) is 0 Å². The smallest absolute Gasteiger partial charge is 0.00386 e. The Balaban J connectivity index is 3.40. The van der Waals surface area contributed by atoms with Crippen LogP contribution >= 0.6 is 0 Å². The third-order valence-corrected chi connectivity index (χ3v) is 2.05. The predicted octanol–water partition coefficient (Wildman–Crippen LogP) is 1.10. The second-order valence-electron chi connectivity index (χ2n) is 2.96. The van der Waals surface area contributed by atoms with Crippen LogP contribution in [-0.2, 0) is 0 Å². The summed E-state index contributed by atoms with van der Waals surface area (Å²) in [6, 6.07) is 0.330. The Kier molecular flexibility index (Phi) is 5.64. The molecule has 0 spiro atoms. The molecule has 0 aliphatic heterocycles. The van der Waals surface area contributed by atoms with Crippen molar-refractivity contribution in [3.8, 4) is 0 Å². The molecule has 2 unspecified atom stereocenters. The van der Waals surface area contributed by atoms with Gasteiger partial charge in [-0.3, -0.25) is 0 Å². The highest BCUT2D eigenvalue weighted by Gasteiger charge is 2.09. The average molecular weight is 144 g/mol. The summed E-state index contributed by atoms with van der Waals surface area (Å²) in [5.74, 6) is 0.670. The Morgan fingerprint density at radius 1 is 1.40 bits per heavy atom. The van der Waals surface area contributed by atoms with Gasteiger partial charge in [-0.2, -0.15) is 0 Å². The number of hydrogen-bond acceptors (Lipinski definition) is 2. The molecule has 0 fully saturated rings. The zero-order valence-corrected chi connectivity index (χ0v) is 7.14. The maximum absolute atomic E-state index is 5.75. The zero-order valence-electron chi connectivity index (χ0n) is 7.14. The monoisotopic (exact) mass is 144 g/mol. The summed E-state index contributed by atoms with van der Waals surface area (Å²) in [6.07, 6.45) is 3.47. The summed E-state index contributed by atoms with van der Waals surface area (Å²) in [6.45, 7) is 5.05. The fourth-order valence-electron chi connectivity index (χ4n) is 1.22. The molecule has 0 radical (unpaired) electrons. The lowest BCUT2D eigenvalue weighted by Gasteiger charge is -2.17. The van der Waals surface area contributed by atoms with E-state index in [1.165, 1.54) is 12.8 Å². The van der Waals surface area contributed by atoms with Gasteiger partial charge in [0.1, 0.15) is 0 Å². The van der Waals surface area contributed by atoms with Gasteiger partial charge in [0.2, 0.25) is 0 Å². The molecule has 4 N–H and O–H groups in total. The molecule has 0 aliphatic carbocycles. The van der Waals surface area contributed by atoms with Crippen LogP contribution < -0.4 is 11.5 Å². The molecular weight excluding hydrogens is 124 g/mol. The molecule has 0 rings (SSSR count). The fraction of sp³-hybridized carbons (Fsp3) is 1.00. The van der Waals surface area contributed by atoms with Gasteiger partial charge >= 0.3 is 0 Å². The lowest BCUT2D eigenvalue weighted by atomic mass is 9.94. The number of hydrogen-bond donors (Lipinski definition) is 2. The third-order valence-electron chi connectivity index (χ3n) is 2.05. The highest BCUT2D eigenvalue weighted by molar-refractivity contribution is 4.66. The Labute approximate surface area is 64.0 Å². The van der Waals surface area contributed by atoms with Crippen molar-refractivity contribution < 1.29 is 0 Å². The molecular formula is C8H20N2. The van der Waals surface area contributed by atoms with Crippen molar-refractivity contribution in [2.75, 3.05) is 6.54 Å². The molecule has 0 aromatic carbocycles. The van der Waals surface area contributed by atoms with E-state index in [4.69, 9.17) is 11.5 Å². The van der Waals surface area contributed by atoms with Crippen molar-refractivity contribution in [3.63, 3.8) is 0 Å². The first kappa shape index (κ1) is 9.92. The molecule has 62 valence electrons. The van der Waals surface area contributed by atoms with Crippen molar-refractivity contribution in [2.24, 2.45) is 17.4 Å². The highest BCUT2D eigenvalue weighted by Crippen LogP contribution is 2.12. The first-order valence-electron chi connectivity index (χ1n) is 4.18. The molecule has 0 bridgehead atoms. The molecule has 0 amide bonds. The number of rotatable bonds is 5. The molecule has 2 atom stereocenters. The Morgan fingerprint density at radius 3 is 2.30 bits per heavy atom. The van der Waals surface area contributed by atoms with Crippen LogP contribution in [0.25, 0.3) is 0 Å². The second kappa shape index (κ2) is 5.69. The average Bonchev–Trinajstić information content (AvgIpc) is 1.89. The van der Waals surface area contributed by atoms with Crippen LogP contribution in [0.1, 0.15) is 33.1 Å². The summed E-state index contributed by atoms with van der Waals surface area (Å²) in [5.41, 5.74) is 11.1. The molecule has 0 saturated carbocycles. The molecule has 10 heavy (non-hydrogen) atoms. The van der Waals surface area contributed by atoms with E-state index in [1.807, 2.05) is 0 Å². The van der Waals surface area contributed by atoms with Crippen LogP contribution in [0.2, 0.25) is 0 Å². The van der Waals surface area contributed by atoms with Gasteiger partial charge < -0.3 is 11.5 Å². The van der Waals surface area contributed by atoms with E-state index in [1.54, 1.807) is 0 Å². The maximum Gasteiger partial charge on any atom is 0.00386 e. The third kappa shape index (κ3) is 3.85. The minimum atomic E-state index is 0.330. The van der Waals surface area contributed by atoms with Crippen molar-refractivity contribution in [1.82, 2.24) is 0 Å². The summed E-state index contributed by atoms with van der Waals surface area (Å²) in [5, 5.41) is 0. The SMILES string of the molecule is CCC(CCCN)C(C)N. The predicted molar refractivity (Wildman–Crippen MR) is 45.7 cm³/mol. The molecule has 0 saturated heterocycles. The van der Waals surface area contributed by atoms with E-state index in [9.17, 15) is 0 Å². The standard InChI is InChI=1S/C8H20N2/c1-3-8(7(2)10)5-4-6-9/h7-8H,3-6,9-10H2,1-2H3. The fourth-order valence-corrected chi connectivity index (χ4v) is 1.22. The summed E-state index contributed by atoms with van der Waals surface area (Å²) >= 11 is 0. The quantitative estimate of drug-likeness (QED) is 0.607. The van der Waals surface area contributed by atoms with Gasteiger partial charge in [0.15, 0.2) is 0 Å². The maximum atomic E-state index is 5.75. The minimum Gasteiger partial charge on any atom is -0.330 e. The van der Waals surface area contributed by atoms with Gasteiger partial charge in [0.05, 0.1) is 0 Å². The first-order valence-corrected chi connectivity index (χ1v) is 4.18. The van der Waals surface area contributed by atoms with E-state index in [0.717, 1.165) is 13.0 Å². The lowest BCUT2D eigenvalue weighted by Crippen LogP contribution is -2.26. The van der Waals surface area contributed by atoms with Crippen molar-refractivity contribution in [3.05, 3.63) is 0 Å². The summed E-state index contributed by atoms with van der Waals surface area (Å²) in [4.78, 5) is 0. The van der Waals surface area contributed by atoms with Gasteiger partial charge in [0.25, 0.3) is 0 Å². The van der Waals surface area contributed by atoms with Crippen LogP contribution in [0.4, 0.5) is 0 Å². The summed E-state index contributed by atoms with van der Waals surface area (Å²) in [7, 11) is 0. The molecule has 2 nitrogen and oxygen atoms in total. The van der Waals surface area contributed by atoms with Crippen LogP contribution in [-0.4, -0.2) is 12.6 Å². The van der Waals surface area contributed by atoms with Gasteiger partial charge in [-0.25, -0.2) is 0 Å². The van der Waals surface area contributed by atoms with Crippen LogP contribution in [0.5, 0.6) is 0 Å². The van der Waals surface area contributed by atoms with Crippen LogP contribution in [0, 0.1) is 5.92 Å². The van der Waals surface area contributed by atoms with E-state index in [0.29, 0.717) is 12.0 Å². The van der Waals surface area contributed by atoms with Crippen molar-refractivity contribution >= 4 is 0 Å². The van der Waals surface area contributed by atoms with Crippen molar-refractivity contribution in [2.45, 2.75) is 39.2 Å².